The summed E-state index contributed by atoms with van der Waals surface area (Å²) in [5, 5.41) is 6.79. The lowest BCUT2D eigenvalue weighted by Gasteiger charge is -2.25. The Kier molecular flexibility index (Phi) is 12.1. The van der Waals surface area contributed by atoms with Crippen LogP contribution in [0, 0.1) is 0 Å². The van der Waals surface area contributed by atoms with Crippen LogP contribution >= 0.6 is 29.9 Å². The number of hydrogen-bond donors (Lipinski definition) is 2. The average molecular weight is 644 g/mol. The summed E-state index contributed by atoms with van der Waals surface area (Å²) in [6, 6.07) is 31.1. The molecule has 2 amide bonds. The van der Waals surface area contributed by atoms with Gasteiger partial charge in [-0.05, 0) is 64.9 Å². The van der Waals surface area contributed by atoms with Crippen molar-refractivity contribution in [1.82, 2.24) is 10.6 Å². The van der Waals surface area contributed by atoms with E-state index in [-0.39, 0.29) is 26.4 Å². The Balaban J connectivity index is 1.49. The predicted molar refractivity (Wildman–Crippen MR) is 169 cm³/mol. The lowest BCUT2D eigenvalue weighted by Crippen LogP contribution is -2.49. The van der Waals surface area contributed by atoms with Gasteiger partial charge in [-0.3, -0.25) is 9.59 Å². The lowest BCUT2D eigenvalue weighted by atomic mass is 10.2. The molecule has 0 aromatic heterocycles. The second-order valence-electron chi connectivity index (χ2n) is 9.14. The third-order valence-corrected chi connectivity index (χ3v) is 8.78. The minimum absolute atomic E-state index is 0.0936. The Morgan fingerprint density at radius 1 is 0.690 bits per heavy atom. The summed E-state index contributed by atoms with van der Waals surface area (Å²) >= 11 is 17.8. The van der Waals surface area contributed by atoms with Gasteiger partial charge in [-0.1, -0.05) is 96.0 Å². The molecule has 0 aliphatic rings. The molecule has 2 N–H and O–H groups in total. The Hall–Kier alpha value is -3.07. The van der Waals surface area contributed by atoms with E-state index in [0.29, 0.717) is 15.6 Å². The van der Waals surface area contributed by atoms with Crippen LogP contribution in [0.2, 0.25) is 10.0 Å². The topological polar surface area (TPSA) is 85.9 Å². The van der Waals surface area contributed by atoms with Crippen LogP contribution in [0.3, 0.4) is 0 Å². The number of amides is 2. The van der Waals surface area contributed by atoms with E-state index in [1.807, 2.05) is 30.3 Å². The van der Waals surface area contributed by atoms with Gasteiger partial charge in [0, 0.05) is 22.2 Å². The van der Waals surface area contributed by atoms with E-state index in [9.17, 15) is 9.59 Å². The molecule has 7 nitrogen and oxygen atoms in total. The van der Waals surface area contributed by atoms with E-state index < -0.39 is 24.6 Å². The lowest BCUT2D eigenvalue weighted by molar-refractivity contribution is -0.123. The number of benzene rings is 4. The molecule has 4 aromatic rings. The van der Waals surface area contributed by atoms with Crippen molar-refractivity contribution >= 4 is 53.5 Å². The average Bonchev–Trinajstić information content (AvgIpc) is 3.02. The van der Waals surface area contributed by atoms with Gasteiger partial charge in [0.2, 0.25) is 5.91 Å². The molecular formula is C31H29Cl2N2O5PS. The second kappa shape index (κ2) is 16.0. The third-order valence-electron chi connectivity index (χ3n) is 5.97. The number of carbonyl (C=O) groups is 2. The molecule has 0 fully saturated rings. The predicted octanol–water partition coefficient (Wildman–Crippen LogP) is 7.08. The van der Waals surface area contributed by atoms with E-state index in [2.05, 4.69) is 10.6 Å². The van der Waals surface area contributed by atoms with E-state index >= 15 is 0 Å². The largest absolute Gasteiger partial charge is 0.350 e. The van der Waals surface area contributed by atoms with Crippen molar-refractivity contribution in [3.8, 4) is 0 Å². The third kappa shape index (κ3) is 10.3. The molecule has 0 unspecified atom stereocenters. The van der Waals surface area contributed by atoms with Crippen LogP contribution in [-0.4, -0.2) is 24.5 Å². The minimum Gasteiger partial charge on any atom is -0.350 e. The molecule has 0 spiro atoms. The molecule has 4 rings (SSSR count). The summed E-state index contributed by atoms with van der Waals surface area (Å²) in [7, 11) is 0. The highest BCUT2D eigenvalue weighted by molar-refractivity contribution is 8.07. The zero-order valence-corrected chi connectivity index (χ0v) is 25.7. The Labute approximate surface area is 260 Å². The summed E-state index contributed by atoms with van der Waals surface area (Å²) in [5.41, 5.74) is 2.92. The van der Waals surface area contributed by atoms with Crippen molar-refractivity contribution in [3.63, 3.8) is 0 Å². The molecule has 0 saturated carbocycles. The molecule has 42 heavy (non-hydrogen) atoms. The SMILES string of the molecule is O=C(N[C@@H](COP(=S)(OCc1ccc(Cl)cc1)OCc1ccc(Cl)cc1)C(=O)NCc1ccccc1)c1ccccc1. The summed E-state index contributed by atoms with van der Waals surface area (Å²) in [6.07, 6.45) is 0. The fourth-order valence-corrected chi connectivity index (χ4v) is 5.59. The van der Waals surface area contributed by atoms with Gasteiger partial charge >= 0.3 is 6.72 Å². The number of nitrogens with one attached hydrogen (secondary N) is 2. The maximum absolute atomic E-state index is 13.3. The van der Waals surface area contributed by atoms with Crippen LogP contribution in [0.25, 0.3) is 0 Å². The molecule has 0 aliphatic heterocycles. The highest BCUT2D eigenvalue weighted by atomic mass is 35.5. The smallest absolute Gasteiger partial charge is 0.327 e. The van der Waals surface area contributed by atoms with Gasteiger partial charge in [-0.25, -0.2) is 0 Å². The maximum Gasteiger partial charge on any atom is 0.327 e. The molecule has 0 heterocycles. The monoisotopic (exact) mass is 642 g/mol. The van der Waals surface area contributed by atoms with Crippen LogP contribution < -0.4 is 10.6 Å². The fraction of sp³-hybridized carbons (Fsp3) is 0.161. The van der Waals surface area contributed by atoms with Crippen molar-refractivity contribution in [2.45, 2.75) is 25.8 Å². The van der Waals surface area contributed by atoms with Crippen LogP contribution in [0.4, 0.5) is 0 Å². The normalized spacial score (nSPS) is 12.0. The highest BCUT2D eigenvalue weighted by Gasteiger charge is 2.28. The summed E-state index contributed by atoms with van der Waals surface area (Å²) < 4.78 is 18.1. The number of rotatable bonds is 14. The van der Waals surface area contributed by atoms with Crippen molar-refractivity contribution in [2.75, 3.05) is 6.61 Å². The van der Waals surface area contributed by atoms with Crippen LogP contribution in [0.15, 0.2) is 109 Å². The number of hydrogen-bond acceptors (Lipinski definition) is 6. The minimum atomic E-state index is -3.42. The molecule has 1 atom stereocenters. The van der Waals surface area contributed by atoms with Crippen molar-refractivity contribution < 1.29 is 23.2 Å². The van der Waals surface area contributed by atoms with Crippen molar-refractivity contribution in [2.24, 2.45) is 0 Å². The molecule has 0 radical (unpaired) electrons. The quantitative estimate of drug-likeness (QED) is 0.143. The molecule has 4 aromatic carbocycles. The Morgan fingerprint density at radius 2 is 1.19 bits per heavy atom. The Morgan fingerprint density at radius 3 is 1.71 bits per heavy atom. The molecule has 0 saturated heterocycles. The first kappa shape index (κ1) is 31.9. The van der Waals surface area contributed by atoms with Crippen molar-refractivity contribution in [1.29, 1.82) is 0 Å². The number of carbonyl (C=O) groups excluding carboxylic acids is 2. The van der Waals surface area contributed by atoms with Gasteiger partial charge in [0.15, 0.2) is 0 Å². The molecule has 0 aliphatic carbocycles. The second-order valence-corrected chi connectivity index (χ2v) is 13.0. The fourth-order valence-electron chi connectivity index (χ4n) is 3.67. The van der Waals surface area contributed by atoms with Gasteiger partial charge in [0.05, 0.1) is 19.8 Å². The zero-order valence-electron chi connectivity index (χ0n) is 22.5. The van der Waals surface area contributed by atoms with Gasteiger partial charge in [-0.15, -0.1) is 0 Å². The molecule has 218 valence electrons. The number of halogens is 2. The van der Waals surface area contributed by atoms with E-state index in [0.717, 1.165) is 16.7 Å². The highest BCUT2D eigenvalue weighted by Crippen LogP contribution is 2.51. The maximum atomic E-state index is 13.3. The molecular weight excluding hydrogens is 614 g/mol. The van der Waals surface area contributed by atoms with Crippen molar-refractivity contribution in [3.05, 3.63) is 141 Å². The first-order valence-corrected chi connectivity index (χ1v) is 16.3. The van der Waals surface area contributed by atoms with Gasteiger partial charge < -0.3 is 24.2 Å². The van der Waals surface area contributed by atoms with Crippen LogP contribution in [-0.2, 0) is 49.9 Å². The molecule has 0 bridgehead atoms. The summed E-state index contributed by atoms with van der Waals surface area (Å²) in [4.78, 5) is 26.3. The molecule has 11 heteroatoms. The van der Waals surface area contributed by atoms with Crippen LogP contribution in [0.1, 0.15) is 27.0 Å². The summed E-state index contributed by atoms with van der Waals surface area (Å²) in [5.74, 6) is -0.878. The van der Waals surface area contributed by atoms with Crippen LogP contribution in [0.5, 0.6) is 0 Å². The van der Waals surface area contributed by atoms with E-state index in [1.165, 1.54) is 0 Å². The zero-order chi connectivity index (χ0) is 29.8. The first-order valence-electron chi connectivity index (χ1n) is 13.0. The van der Waals surface area contributed by atoms with E-state index in [1.54, 1.807) is 78.9 Å². The summed E-state index contributed by atoms with van der Waals surface area (Å²) in [6.45, 7) is -3.25. The van der Waals surface area contributed by atoms with Gasteiger partial charge in [0.25, 0.3) is 5.91 Å². The van der Waals surface area contributed by atoms with Gasteiger partial charge in [0.1, 0.15) is 6.04 Å². The first-order chi connectivity index (χ1) is 20.3. The van der Waals surface area contributed by atoms with Gasteiger partial charge in [-0.2, -0.15) is 0 Å². The Bertz CT molecular complexity index is 1440. The van der Waals surface area contributed by atoms with E-state index in [4.69, 9.17) is 48.6 Å². The standard InChI is InChI=1S/C31H29Cl2N2O5PS/c32-27-15-11-24(12-16-27)20-38-41(42,39-21-25-13-17-28(33)18-14-25)40-22-29(35-30(36)26-9-5-2-6-10-26)31(37)34-19-23-7-3-1-4-8-23/h1-18,29H,19-22H2,(H,34,37)(H,35,36)/t29-/m0/s1.